The number of ether oxygens (including phenoxy) is 2. The Morgan fingerprint density at radius 3 is 2.65 bits per heavy atom. The van der Waals surface area contributed by atoms with E-state index in [1.807, 2.05) is 0 Å². The standard InChI is InChI=1S/C15H14N2O6/c1-16-8-11(17(20)21)7-13(16)15(19)23-9-14(18)10-4-3-5-12(6-10)22-2/h3-8H,9H2,1-2H3. The first kappa shape index (κ1) is 16.2. The number of esters is 1. The van der Waals surface area contributed by atoms with Crippen LogP contribution in [0, 0.1) is 10.1 Å². The zero-order valence-corrected chi connectivity index (χ0v) is 12.5. The lowest BCUT2D eigenvalue weighted by molar-refractivity contribution is -0.384. The van der Waals surface area contributed by atoms with Crippen molar-refractivity contribution in [2.24, 2.45) is 7.05 Å². The monoisotopic (exact) mass is 318 g/mol. The Morgan fingerprint density at radius 2 is 2.04 bits per heavy atom. The molecule has 0 radical (unpaired) electrons. The molecule has 0 spiro atoms. The first-order valence-electron chi connectivity index (χ1n) is 6.57. The molecule has 0 bridgehead atoms. The van der Waals surface area contributed by atoms with Crippen molar-refractivity contribution in [3.8, 4) is 5.75 Å². The van der Waals surface area contributed by atoms with E-state index in [4.69, 9.17) is 9.47 Å². The van der Waals surface area contributed by atoms with Crippen LogP contribution >= 0.6 is 0 Å². The van der Waals surface area contributed by atoms with Gasteiger partial charge in [0.05, 0.1) is 18.2 Å². The number of hydrogen-bond donors (Lipinski definition) is 0. The Hall–Kier alpha value is -3.16. The zero-order valence-electron chi connectivity index (χ0n) is 12.5. The third-order valence-corrected chi connectivity index (χ3v) is 3.14. The number of nitrogens with zero attached hydrogens (tertiary/aromatic N) is 2. The maximum Gasteiger partial charge on any atom is 0.355 e. The highest BCUT2D eigenvalue weighted by Gasteiger charge is 2.20. The number of rotatable bonds is 6. The van der Waals surface area contributed by atoms with Gasteiger partial charge in [-0.15, -0.1) is 0 Å². The summed E-state index contributed by atoms with van der Waals surface area (Å²) in [5.41, 5.74) is 0.115. The van der Waals surface area contributed by atoms with Gasteiger partial charge in [0.25, 0.3) is 5.69 Å². The van der Waals surface area contributed by atoms with Crippen molar-refractivity contribution in [1.82, 2.24) is 4.57 Å². The van der Waals surface area contributed by atoms with Gasteiger partial charge in [0, 0.05) is 18.7 Å². The summed E-state index contributed by atoms with van der Waals surface area (Å²) in [5, 5.41) is 10.7. The summed E-state index contributed by atoms with van der Waals surface area (Å²) < 4.78 is 11.2. The van der Waals surface area contributed by atoms with E-state index in [1.54, 1.807) is 18.2 Å². The largest absolute Gasteiger partial charge is 0.497 e. The minimum Gasteiger partial charge on any atom is -0.497 e. The van der Waals surface area contributed by atoms with Gasteiger partial charge in [-0.2, -0.15) is 0 Å². The molecule has 23 heavy (non-hydrogen) atoms. The maximum atomic E-state index is 12.0. The number of carbonyl (C=O) groups excluding carboxylic acids is 2. The highest BCUT2D eigenvalue weighted by atomic mass is 16.6. The number of aryl methyl sites for hydroxylation is 1. The van der Waals surface area contributed by atoms with Crippen LogP contribution in [0.1, 0.15) is 20.8 Å². The van der Waals surface area contributed by atoms with Crippen molar-refractivity contribution in [2.75, 3.05) is 13.7 Å². The van der Waals surface area contributed by atoms with E-state index in [-0.39, 0.29) is 11.4 Å². The van der Waals surface area contributed by atoms with Gasteiger partial charge in [-0.25, -0.2) is 4.79 Å². The minimum absolute atomic E-state index is 0.00450. The normalized spacial score (nSPS) is 10.2. The fourth-order valence-electron chi connectivity index (χ4n) is 1.93. The first-order chi connectivity index (χ1) is 10.9. The van der Waals surface area contributed by atoms with Crippen LogP contribution in [0.2, 0.25) is 0 Å². The van der Waals surface area contributed by atoms with Crippen LogP contribution in [0.4, 0.5) is 5.69 Å². The maximum absolute atomic E-state index is 12.0. The molecule has 0 atom stereocenters. The number of ketones is 1. The summed E-state index contributed by atoms with van der Waals surface area (Å²) in [5.74, 6) is -0.696. The third-order valence-electron chi connectivity index (χ3n) is 3.14. The highest BCUT2D eigenvalue weighted by molar-refractivity contribution is 5.99. The summed E-state index contributed by atoms with van der Waals surface area (Å²) >= 11 is 0. The van der Waals surface area contributed by atoms with E-state index in [0.29, 0.717) is 11.3 Å². The van der Waals surface area contributed by atoms with E-state index >= 15 is 0 Å². The quantitative estimate of drug-likeness (QED) is 0.349. The second kappa shape index (κ2) is 6.73. The van der Waals surface area contributed by atoms with E-state index in [1.165, 1.54) is 31.0 Å². The average Bonchev–Trinajstić information content (AvgIpc) is 2.94. The van der Waals surface area contributed by atoms with Crippen LogP contribution in [0.15, 0.2) is 36.5 Å². The molecule has 0 N–H and O–H groups in total. The van der Waals surface area contributed by atoms with Crippen molar-refractivity contribution in [2.45, 2.75) is 0 Å². The molecule has 8 nitrogen and oxygen atoms in total. The third kappa shape index (κ3) is 3.73. The van der Waals surface area contributed by atoms with Crippen LogP contribution in [0.3, 0.4) is 0 Å². The molecule has 0 amide bonds. The molecule has 0 saturated heterocycles. The van der Waals surface area contributed by atoms with E-state index in [9.17, 15) is 19.7 Å². The summed E-state index contributed by atoms with van der Waals surface area (Å²) in [4.78, 5) is 34.0. The molecule has 0 fully saturated rings. The molecule has 1 heterocycles. The molecular formula is C15H14N2O6. The lowest BCUT2D eigenvalue weighted by Gasteiger charge is -2.06. The van der Waals surface area contributed by atoms with Gasteiger partial charge < -0.3 is 14.0 Å². The lowest BCUT2D eigenvalue weighted by atomic mass is 10.1. The van der Waals surface area contributed by atoms with Crippen molar-refractivity contribution < 1.29 is 24.0 Å². The summed E-state index contributed by atoms with van der Waals surface area (Å²) in [6.07, 6.45) is 1.19. The molecule has 1 aromatic heterocycles. The van der Waals surface area contributed by atoms with Crippen LogP contribution in [-0.4, -0.2) is 35.0 Å². The molecule has 0 aliphatic carbocycles. The first-order valence-corrected chi connectivity index (χ1v) is 6.57. The number of methoxy groups -OCH3 is 1. The number of hydrogen-bond acceptors (Lipinski definition) is 6. The highest BCUT2D eigenvalue weighted by Crippen LogP contribution is 2.17. The Kier molecular flexibility index (Phi) is 4.75. The fourth-order valence-corrected chi connectivity index (χ4v) is 1.93. The van der Waals surface area contributed by atoms with E-state index in [2.05, 4.69) is 0 Å². The Labute approximate surface area is 131 Å². The van der Waals surface area contributed by atoms with Gasteiger partial charge in [0.1, 0.15) is 11.4 Å². The second-order valence-corrected chi connectivity index (χ2v) is 4.68. The Bertz CT molecular complexity index is 765. The number of Topliss-reactive ketones (excluding diaryl/α,β-unsaturated/α-hetero) is 1. The summed E-state index contributed by atoms with van der Waals surface area (Å²) in [6.45, 7) is -0.467. The van der Waals surface area contributed by atoms with E-state index in [0.717, 1.165) is 6.07 Å². The van der Waals surface area contributed by atoms with Crippen LogP contribution < -0.4 is 4.74 Å². The lowest BCUT2D eigenvalue weighted by Crippen LogP contribution is -2.16. The Balaban J connectivity index is 2.03. The van der Waals surface area contributed by atoms with Gasteiger partial charge in [-0.1, -0.05) is 12.1 Å². The van der Waals surface area contributed by atoms with Crippen molar-refractivity contribution in [3.63, 3.8) is 0 Å². The van der Waals surface area contributed by atoms with Gasteiger partial charge in [0.15, 0.2) is 12.4 Å². The molecule has 0 saturated carbocycles. The van der Waals surface area contributed by atoms with Crippen LogP contribution in [0.5, 0.6) is 5.75 Å². The summed E-state index contributed by atoms with van der Waals surface area (Å²) in [7, 11) is 2.96. The minimum atomic E-state index is -0.808. The summed E-state index contributed by atoms with van der Waals surface area (Å²) in [6, 6.07) is 7.54. The molecule has 1 aromatic carbocycles. The zero-order chi connectivity index (χ0) is 17.0. The Morgan fingerprint density at radius 1 is 1.30 bits per heavy atom. The van der Waals surface area contributed by atoms with Crippen LogP contribution in [-0.2, 0) is 11.8 Å². The SMILES string of the molecule is COc1cccc(C(=O)COC(=O)c2cc([N+](=O)[O-])cn2C)c1. The van der Waals surface area contributed by atoms with Crippen molar-refractivity contribution in [3.05, 3.63) is 57.9 Å². The van der Waals surface area contributed by atoms with Gasteiger partial charge in [0.2, 0.25) is 0 Å². The van der Waals surface area contributed by atoms with Gasteiger partial charge in [-0.05, 0) is 12.1 Å². The van der Waals surface area contributed by atoms with Gasteiger partial charge in [-0.3, -0.25) is 14.9 Å². The number of aromatic nitrogens is 1. The molecule has 2 rings (SSSR count). The number of benzene rings is 1. The molecule has 0 unspecified atom stereocenters. The van der Waals surface area contributed by atoms with Crippen molar-refractivity contribution in [1.29, 1.82) is 0 Å². The smallest absolute Gasteiger partial charge is 0.355 e. The topological polar surface area (TPSA) is 101 Å². The molecule has 0 aliphatic heterocycles. The number of nitro groups is 1. The molecule has 2 aromatic rings. The van der Waals surface area contributed by atoms with Crippen molar-refractivity contribution >= 4 is 17.4 Å². The molecule has 8 heteroatoms. The predicted molar refractivity (Wildman–Crippen MR) is 79.7 cm³/mol. The number of carbonyl (C=O) groups is 2. The molecule has 0 aliphatic rings. The fraction of sp³-hybridized carbons (Fsp3) is 0.200. The second-order valence-electron chi connectivity index (χ2n) is 4.68. The van der Waals surface area contributed by atoms with E-state index < -0.39 is 23.3 Å². The van der Waals surface area contributed by atoms with Crippen LogP contribution in [0.25, 0.3) is 0 Å². The van der Waals surface area contributed by atoms with Gasteiger partial charge >= 0.3 is 5.97 Å². The molecular weight excluding hydrogens is 304 g/mol. The molecule has 120 valence electrons. The predicted octanol–water partition coefficient (Wildman–Crippen LogP) is 1.98. The average molecular weight is 318 g/mol.